The summed E-state index contributed by atoms with van der Waals surface area (Å²) in [6.07, 6.45) is 0.729. The van der Waals surface area contributed by atoms with Gasteiger partial charge >= 0.3 is 0 Å². The van der Waals surface area contributed by atoms with E-state index in [0.717, 1.165) is 34.9 Å². The Hall–Kier alpha value is -3.91. The van der Waals surface area contributed by atoms with E-state index in [1.165, 1.54) is 0 Å². The molecular weight excluding hydrogens is 448 g/mol. The number of amides is 2. The molecule has 1 aromatic heterocycles. The number of carbonyl (C=O) groups is 2. The van der Waals surface area contributed by atoms with Crippen molar-refractivity contribution in [1.82, 2.24) is 15.5 Å². The number of rotatable bonds is 9. The highest BCUT2D eigenvalue weighted by atomic mass is 32.2. The summed E-state index contributed by atoms with van der Waals surface area (Å²) in [7, 11) is 0. The number of hydrogen-bond donors (Lipinski definition) is 2. The number of benzene rings is 3. The first kappa shape index (κ1) is 23.3. The number of aromatic nitrogens is 2. The van der Waals surface area contributed by atoms with E-state index in [1.807, 2.05) is 61.5 Å². The maximum absolute atomic E-state index is 12.7. The second-order valence-corrected chi connectivity index (χ2v) is 8.54. The van der Waals surface area contributed by atoms with Gasteiger partial charge in [-0.25, -0.2) is 0 Å². The van der Waals surface area contributed by atoms with Gasteiger partial charge in [-0.05, 0) is 43.2 Å². The third-order valence-corrected chi connectivity index (χ3v) is 5.80. The van der Waals surface area contributed by atoms with Crippen molar-refractivity contribution in [1.29, 1.82) is 0 Å². The standard InChI is InChI=1S/C26H24N4O3S/c1-18-8-7-11-20(16-18)25-29-30-26(33-25)34-17-23(31)28-22-13-6-5-12-21(22)24(32)27-15-14-19-9-3-2-4-10-19/h2-13,16H,14-15,17H2,1H3,(H,27,32)(H,28,31). The molecule has 8 heteroatoms. The van der Waals surface area contributed by atoms with Gasteiger partial charge in [-0.2, -0.15) is 0 Å². The summed E-state index contributed by atoms with van der Waals surface area (Å²) in [5.41, 5.74) is 3.93. The van der Waals surface area contributed by atoms with Crippen molar-refractivity contribution in [3.8, 4) is 11.5 Å². The lowest BCUT2D eigenvalue weighted by Gasteiger charge is -2.11. The van der Waals surface area contributed by atoms with Crippen LogP contribution in [0.4, 0.5) is 5.69 Å². The molecule has 0 bridgehead atoms. The maximum atomic E-state index is 12.7. The molecule has 0 atom stereocenters. The van der Waals surface area contributed by atoms with Crippen LogP contribution in [0.3, 0.4) is 0 Å². The molecule has 2 amide bonds. The van der Waals surface area contributed by atoms with Crippen LogP contribution in [-0.4, -0.2) is 34.3 Å². The highest BCUT2D eigenvalue weighted by molar-refractivity contribution is 7.99. The van der Waals surface area contributed by atoms with Crippen LogP contribution in [-0.2, 0) is 11.2 Å². The minimum absolute atomic E-state index is 0.0689. The molecule has 172 valence electrons. The summed E-state index contributed by atoms with van der Waals surface area (Å²) in [6, 6.07) is 24.6. The van der Waals surface area contributed by atoms with Crippen LogP contribution in [0, 0.1) is 6.92 Å². The molecule has 1 heterocycles. The third kappa shape index (κ3) is 6.32. The number of aryl methyl sites for hydroxylation is 1. The predicted molar refractivity (Wildman–Crippen MR) is 133 cm³/mol. The summed E-state index contributed by atoms with van der Waals surface area (Å²) in [5, 5.41) is 14.1. The van der Waals surface area contributed by atoms with Crippen molar-refractivity contribution in [3.05, 3.63) is 95.6 Å². The molecule has 0 aliphatic heterocycles. The first-order valence-corrected chi connectivity index (χ1v) is 11.8. The van der Waals surface area contributed by atoms with Gasteiger partial charge in [0.25, 0.3) is 11.1 Å². The summed E-state index contributed by atoms with van der Waals surface area (Å²) in [4.78, 5) is 25.2. The van der Waals surface area contributed by atoms with Crippen LogP contribution in [0.1, 0.15) is 21.5 Å². The fraction of sp³-hybridized carbons (Fsp3) is 0.154. The monoisotopic (exact) mass is 472 g/mol. The normalized spacial score (nSPS) is 10.6. The Balaban J connectivity index is 1.31. The lowest BCUT2D eigenvalue weighted by atomic mass is 10.1. The zero-order valence-corrected chi connectivity index (χ0v) is 19.5. The summed E-state index contributed by atoms with van der Waals surface area (Å²) < 4.78 is 5.66. The Morgan fingerprint density at radius 2 is 1.74 bits per heavy atom. The number of carbonyl (C=O) groups excluding carboxylic acids is 2. The zero-order chi connectivity index (χ0) is 23.8. The van der Waals surface area contributed by atoms with Crippen LogP contribution in [0.5, 0.6) is 0 Å². The van der Waals surface area contributed by atoms with E-state index in [4.69, 9.17) is 4.42 Å². The van der Waals surface area contributed by atoms with Crippen molar-refractivity contribution < 1.29 is 14.0 Å². The van der Waals surface area contributed by atoms with Crippen LogP contribution in [0.15, 0.2) is 88.5 Å². The Labute approximate surface area is 202 Å². The van der Waals surface area contributed by atoms with Crippen molar-refractivity contribution in [2.45, 2.75) is 18.6 Å². The van der Waals surface area contributed by atoms with E-state index in [9.17, 15) is 9.59 Å². The van der Waals surface area contributed by atoms with Crippen LogP contribution < -0.4 is 10.6 Å². The maximum Gasteiger partial charge on any atom is 0.277 e. The molecule has 0 aliphatic rings. The molecule has 4 aromatic rings. The van der Waals surface area contributed by atoms with E-state index >= 15 is 0 Å². The molecular formula is C26H24N4O3S. The molecule has 0 radical (unpaired) electrons. The number of nitrogens with one attached hydrogen (secondary N) is 2. The van der Waals surface area contributed by atoms with E-state index in [-0.39, 0.29) is 17.6 Å². The van der Waals surface area contributed by atoms with Crippen molar-refractivity contribution in [2.24, 2.45) is 0 Å². The van der Waals surface area contributed by atoms with E-state index in [0.29, 0.717) is 28.9 Å². The lowest BCUT2D eigenvalue weighted by Crippen LogP contribution is -2.27. The number of anilines is 1. The van der Waals surface area contributed by atoms with Crippen LogP contribution in [0.2, 0.25) is 0 Å². The Morgan fingerprint density at radius 3 is 2.56 bits per heavy atom. The first-order valence-electron chi connectivity index (χ1n) is 10.8. The van der Waals surface area contributed by atoms with Crippen molar-refractivity contribution >= 4 is 29.3 Å². The molecule has 0 saturated carbocycles. The average molecular weight is 473 g/mol. The van der Waals surface area contributed by atoms with E-state index in [1.54, 1.807) is 24.3 Å². The minimum atomic E-state index is -0.273. The molecule has 3 aromatic carbocycles. The molecule has 0 unspecified atom stereocenters. The zero-order valence-electron chi connectivity index (χ0n) is 18.7. The molecule has 0 fully saturated rings. The Bertz CT molecular complexity index is 1270. The van der Waals surface area contributed by atoms with Gasteiger partial charge in [0.15, 0.2) is 0 Å². The minimum Gasteiger partial charge on any atom is -0.411 e. The SMILES string of the molecule is Cc1cccc(-c2nnc(SCC(=O)Nc3ccccc3C(=O)NCCc3ccccc3)o2)c1. The Kier molecular flexibility index (Phi) is 7.72. The topological polar surface area (TPSA) is 97.1 Å². The van der Waals surface area contributed by atoms with E-state index < -0.39 is 0 Å². The molecule has 0 aliphatic carbocycles. The molecule has 34 heavy (non-hydrogen) atoms. The molecule has 4 rings (SSSR count). The van der Waals surface area contributed by atoms with Gasteiger partial charge in [-0.3, -0.25) is 9.59 Å². The summed E-state index contributed by atoms with van der Waals surface area (Å²) in [6.45, 7) is 2.49. The van der Waals surface area contributed by atoms with Gasteiger partial charge in [0, 0.05) is 12.1 Å². The average Bonchev–Trinajstić information content (AvgIpc) is 3.33. The number of para-hydroxylation sites is 1. The molecule has 7 nitrogen and oxygen atoms in total. The summed E-state index contributed by atoms with van der Waals surface area (Å²) in [5.74, 6) is -0.0347. The smallest absolute Gasteiger partial charge is 0.277 e. The summed E-state index contributed by atoms with van der Waals surface area (Å²) >= 11 is 1.14. The number of hydrogen-bond acceptors (Lipinski definition) is 6. The van der Waals surface area contributed by atoms with Gasteiger partial charge in [0.05, 0.1) is 17.0 Å². The first-order chi connectivity index (χ1) is 16.6. The van der Waals surface area contributed by atoms with E-state index in [2.05, 4.69) is 20.8 Å². The van der Waals surface area contributed by atoms with Gasteiger partial charge in [0.2, 0.25) is 11.8 Å². The highest BCUT2D eigenvalue weighted by Gasteiger charge is 2.15. The Morgan fingerprint density at radius 1 is 0.941 bits per heavy atom. The fourth-order valence-electron chi connectivity index (χ4n) is 3.33. The molecule has 0 spiro atoms. The van der Waals surface area contributed by atoms with Crippen molar-refractivity contribution in [2.75, 3.05) is 17.6 Å². The number of nitrogens with zero attached hydrogens (tertiary/aromatic N) is 2. The van der Waals surface area contributed by atoms with Gasteiger partial charge < -0.3 is 15.1 Å². The van der Waals surface area contributed by atoms with Gasteiger partial charge in [-0.15, -0.1) is 10.2 Å². The third-order valence-electron chi connectivity index (χ3n) is 4.99. The van der Waals surface area contributed by atoms with Crippen LogP contribution >= 0.6 is 11.8 Å². The molecule has 0 saturated heterocycles. The highest BCUT2D eigenvalue weighted by Crippen LogP contribution is 2.24. The van der Waals surface area contributed by atoms with Crippen molar-refractivity contribution in [3.63, 3.8) is 0 Å². The quantitative estimate of drug-likeness (QED) is 0.341. The predicted octanol–water partition coefficient (Wildman–Crippen LogP) is 4.75. The second kappa shape index (κ2) is 11.3. The second-order valence-electron chi connectivity index (χ2n) is 7.62. The fourth-order valence-corrected chi connectivity index (χ4v) is 3.89. The van der Waals surface area contributed by atoms with Crippen LogP contribution in [0.25, 0.3) is 11.5 Å². The van der Waals surface area contributed by atoms with Gasteiger partial charge in [-0.1, -0.05) is 71.9 Å². The van der Waals surface area contributed by atoms with Gasteiger partial charge in [0.1, 0.15) is 0 Å². The number of thioether (sulfide) groups is 1. The molecule has 2 N–H and O–H groups in total. The largest absolute Gasteiger partial charge is 0.411 e. The lowest BCUT2D eigenvalue weighted by molar-refractivity contribution is -0.113.